The molecule has 0 bridgehead atoms. The number of rotatable bonds is 6. The Morgan fingerprint density at radius 3 is 2.33 bits per heavy atom. The quantitative estimate of drug-likeness (QED) is 0.652. The summed E-state index contributed by atoms with van der Waals surface area (Å²) in [6.45, 7) is 4.08. The molecule has 0 heterocycles. The topological polar surface area (TPSA) is 89.3 Å². The summed E-state index contributed by atoms with van der Waals surface area (Å²) in [5.41, 5.74) is 5.61. The Kier molecular flexibility index (Phi) is 5.82. The molecule has 1 atom stereocenters. The minimum absolute atomic E-state index is 0.0485. The van der Waals surface area contributed by atoms with Gasteiger partial charge in [0.1, 0.15) is 9.84 Å². The van der Waals surface area contributed by atoms with Crippen molar-refractivity contribution in [3.63, 3.8) is 0 Å². The first-order chi connectivity index (χ1) is 6.72. The molecule has 0 fully saturated rings. The average Bonchev–Trinajstić information content (AvgIpc) is 2.00. The maximum atomic E-state index is 11.3. The van der Waals surface area contributed by atoms with Crippen LogP contribution in [0.4, 0.5) is 0 Å². The lowest BCUT2D eigenvalue weighted by molar-refractivity contribution is -0.122. The van der Waals surface area contributed by atoms with Gasteiger partial charge in [-0.15, -0.1) is 0 Å². The fourth-order valence-electron chi connectivity index (χ4n) is 1.11. The van der Waals surface area contributed by atoms with Gasteiger partial charge in [0.15, 0.2) is 0 Å². The number of nitrogens with one attached hydrogen (secondary N) is 1. The number of hydrogen-bond donors (Lipinski definition) is 2. The second-order valence-corrected chi connectivity index (χ2v) is 6.42. The molecule has 6 heteroatoms. The molecule has 0 aliphatic rings. The van der Waals surface area contributed by atoms with Crippen LogP contribution in [0.5, 0.6) is 0 Å². The van der Waals surface area contributed by atoms with Crippen molar-refractivity contribution in [1.82, 2.24) is 5.32 Å². The number of sulfone groups is 1. The van der Waals surface area contributed by atoms with Crippen molar-refractivity contribution in [3.8, 4) is 0 Å². The minimum Gasteiger partial charge on any atom is -0.354 e. The molecular formula is C9H20N2O3S. The zero-order valence-electron chi connectivity index (χ0n) is 9.49. The molecule has 0 aliphatic carbocycles. The molecule has 15 heavy (non-hydrogen) atoms. The average molecular weight is 236 g/mol. The predicted octanol–water partition coefficient (Wildman–Crippen LogP) is -0.479. The summed E-state index contributed by atoms with van der Waals surface area (Å²) in [5.74, 6) is 0.0145. The van der Waals surface area contributed by atoms with Crippen LogP contribution < -0.4 is 11.1 Å². The summed E-state index contributed by atoms with van der Waals surface area (Å²) in [6, 6.07) is -0.551. The highest BCUT2D eigenvalue weighted by molar-refractivity contribution is 7.90. The second-order valence-electron chi connectivity index (χ2n) is 4.16. The van der Waals surface area contributed by atoms with E-state index in [9.17, 15) is 13.2 Å². The third-order valence-electron chi connectivity index (χ3n) is 1.83. The summed E-state index contributed by atoms with van der Waals surface area (Å²) in [5, 5.41) is 2.50. The molecule has 0 aromatic heterocycles. The summed E-state index contributed by atoms with van der Waals surface area (Å²) < 4.78 is 21.6. The molecule has 0 aromatic rings. The third-order valence-corrected chi connectivity index (χ3v) is 2.78. The van der Waals surface area contributed by atoms with Crippen molar-refractivity contribution in [2.45, 2.75) is 26.3 Å². The molecule has 0 saturated heterocycles. The molecule has 5 nitrogen and oxygen atoms in total. The first-order valence-corrected chi connectivity index (χ1v) is 6.99. The molecule has 0 aromatic carbocycles. The Balaban J connectivity index is 3.84. The molecule has 0 unspecified atom stereocenters. The lowest BCUT2D eigenvalue weighted by atomic mass is 10.0. The van der Waals surface area contributed by atoms with E-state index in [1.165, 1.54) is 0 Å². The van der Waals surface area contributed by atoms with Crippen LogP contribution >= 0.6 is 0 Å². The smallest absolute Gasteiger partial charge is 0.236 e. The van der Waals surface area contributed by atoms with E-state index in [2.05, 4.69) is 5.32 Å². The predicted molar refractivity (Wildman–Crippen MR) is 60.2 cm³/mol. The van der Waals surface area contributed by atoms with Gasteiger partial charge in [-0.3, -0.25) is 4.79 Å². The normalized spacial score (nSPS) is 13.9. The van der Waals surface area contributed by atoms with Crippen molar-refractivity contribution in [3.05, 3.63) is 0 Å². The zero-order valence-corrected chi connectivity index (χ0v) is 10.3. The lowest BCUT2D eigenvalue weighted by Gasteiger charge is -2.13. The lowest BCUT2D eigenvalue weighted by Crippen LogP contribution is -2.42. The van der Waals surface area contributed by atoms with Crippen molar-refractivity contribution in [2.75, 3.05) is 18.6 Å². The van der Waals surface area contributed by atoms with Crippen LogP contribution in [0.3, 0.4) is 0 Å². The van der Waals surface area contributed by atoms with Crippen LogP contribution in [0.1, 0.15) is 20.3 Å². The van der Waals surface area contributed by atoms with Crippen LogP contribution in [0.15, 0.2) is 0 Å². The summed E-state index contributed by atoms with van der Waals surface area (Å²) in [6.07, 6.45) is 1.73. The van der Waals surface area contributed by atoms with Crippen LogP contribution in [-0.2, 0) is 14.6 Å². The van der Waals surface area contributed by atoms with E-state index < -0.39 is 15.9 Å². The van der Waals surface area contributed by atoms with E-state index in [0.717, 1.165) is 6.26 Å². The Morgan fingerprint density at radius 2 is 1.93 bits per heavy atom. The highest BCUT2D eigenvalue weighted by atomic mass is 32.2. The Bertz CT molecular complexity index is 298. The van der Waals surface area contributed by atoms with Gasteiger partial charge in [-0.2, -0.15) is 0 Å². The molecule has 0 aliphatic heterocycles. The number of amides is 1. The van der Waals surface area contributed by atoms with Crippen molar-refractivity contribution in [2.24, 2.45) is 11.7 Å². The Morgan fingerprint density at radius 1 is 1.40 bits per heavy atom. The fraction of sp³-hybridized carbons (Fsp3) is 0.889. The number of carbonyl (C=O) groups excluding carboxylic acids is 1. The number of hydrogen-bond acceptors (Lipinski definition) is 4. The van der Waals surface area contributed by atoms with E-state index in [1.807, 2.05) is 13.8 Å². The van der Waals surface area contributed by atoms with Gasteiger partial charge < -0.3 is 11.1 Å². The first-order valence-electron chi connectivity index (χ1n) is 4.93. The van der Waals surface area contributed by atoms with Gasteiger partial charge >= 0.3 is 0 Å². The highest BCUT2D eigenvalue weighted by Gasteiger charge is 2.14. The van der Waals surface area contributed by atoms with Gasteiger partial charge in [-0.25, -0.2) is 8.42 Å². The van der Waals surface area contributed by atoms with Gasteiger partial charge in [-0.1, -0.05) is 13.8 Å². The van der Waals surface area contributed by atoms with Crippen molar-refractivity contribution in [1.29, 1.82) is 0 Å². The van der Waals surface area contributed by atoms with E-state index in [0.29, 0.717) is 12.3 Å². The van der Waals surface area contributed by atoms with Crippen LogP contribution in [-0.4, -0.2) is 38.9 Å². The summed E-state index contributed by atoms with van der Waals surface area (Å²) >= 11 is 0. The number of carbonyl (C=O) groups is 1. The molecule has 0 saturated carbocycles. The Labute approximate surface area is 91.3 Å². The van der Waals surface area contributed by atoms with Crippen LogP contribution in [0.2, 0.25) is 0 Å². The zero-order chi connectivity index (χ0) is 12.1. The van der Waals surface area contributed by atoms with Gasteiger partial charge in [0, 0.05) is 12.8 Å². The van der Waals surface area contributed by atoms with Gasteiger partial charge in [0.05, 0.1) is 11.8 Å². The van der Waals surface area contributed by atoms with Crippen molar-refractivity contribution >= 4 is 15.7 Å². The van der Waals surface area contributed by atoms with E-state index in [1.54, 1.807) is 0 Å². The molecule has 90 valence electrons. The van der Waals surface area contributed by atoms with E-state index >= 15 is 0 Å². The summed E-state index contributed by atoms with van der Waals surface area (Å²) in [4.78, 5) is 11.3. The molecule has 1 amide bonds. The highest BCUT2D eigenvalue weighted by Crippen LogP contribution is 2.02. The largest absolute Gasteiger partial charge is 0.354 e. The maximum absolute atomic E-state index is 11.3. The molecular weight excluding hydrogens is 216 g/mol. The van der Waals surface area contributed by atoms with Crippen LogP contribution in [0.25, 0.3) is 0 Å². The molecule has 0 rings (SSSR count). The SMILES string of the molecule is CC(C)C[C@H](N)C(=O)NCCS(C)(=O)=O. The third kappa shape index (κ3) is 8.38. The molecule has 0 spiro atoms. The van der Waals surface area contributed by atoms with Gasteiger partial charge in [0.25, 0.3) is 0 Å². The number of nitrogens with two attached hydrogens (primary N) is 1. The monoisotopic (exact) mass is 236 g/mol. The summed E-state index contributed by atoms with van der Waals surface area (Å²) in [7, 11) is -3.02. The first kappa shape index (κ1) is 14.4. The minimum atomic E-state index is -3.02. The second kappa shape index (κ2) is 6.07. The maximum Gasteiger partial charge on any atom is 0.236 e. The fourth-order valence-corrected chi connectivity index (χ4v) is 1.58. The van der Waals surface area contributed by atoms with Gasteiger partial charge in [0.2, 0.25) is 5.91 Å². The molecule has 0 radical (unpaired) electrons. The van der Waals surface area contributed by atoms with E-state index in [4.69, 9.17) is 5.73 Å². The molecule has 3 N–H and O–H groups in total. The van der Waals surface area contributed by atoms with Gasteiger partial charge in [-0.05, 0) is 12.3 Å². The van der Waals surface area contributed by atoms with Crippen LogP contribution in [0, 0.1) is 5.92 Å². The van der Waals surface area contributed by atoms with E-state index in [-0.39, 0.29) is 18.2 Å². The Hall–Kier alpha value is -0.620. The standard InChI is InChI=1S/C9H20N2O3S/c1-7(2)6-8(10)9(12)11-4-5-15(3,13)14/h7-8H,4-6,10H2,1-3H3,(H,11,12)/t8-/m0/s1. The van der Waals surface area contributed by atoms with Crippen molar-refractivity contribution < 1.29 is 13.2 Å².